The average Bonchev–Trinajstić information content (AvgIpc) is 3.19. The summed E-state index contributed by atoms with van der Waals surface area (Å²) in [5, 5.41) is 33.2. The number of carbonyl (C=O) groups excluding carboxylic acids is 1. The molecule has 0 saturated heterocycles. The van der Waals surface area contributed by atoms with Crippen LogP contribution in [0.2, 0.25) is 0 Å². The van der Waals surface area contributed by atoms with Gasteiger partial charge in [-0.05, 0) is 24.1 Å². The third-order valence-electron chi connectivity index (χ3n) is 4.06. The average molecular weight is 429 g/mol. The van der Waals surface area contributed by atoms with Gasteiger partial charge in [0, 0.05) is 18.6 Å². The lowest BCUT2D eigenvalue weighted by molar-refractivity contribution is -0.394. The first-order chi connectivity index (χ1) is 14.4. The Morgan fingerprint density at radius 2 is 1.67 bits per heavy atom. The van der Waals surface area contributed by atoms with E-state index in [0.717, 1.165) is 40.8 Å². The molecule has 0 atom stereocenters. The maximum Gasteiger partial charge on any atom is 0.277 e. The minimum absolute atomic E-state index is 0.193. The second kappa shape index (κ2) is 9.05. The van der Waals surface area contributed by atoms with Crippen LogP contribution in [0.4, 0.5) is 16.5 Å². The first-order valence-corrected chi connectivity index (χ1v) is 9.38. The summed E-state index contributed by atoms with van der Waals surface area (Å²) in [5.74, 6) is 0.0145. The second-order valence-electron chi connectivity index (χ2n) is 6.06. The van der Waals surface area contributed by atoms with Gasteiger partial charge in [0.25, 0.3) is 17.3 Å². The van der Waals surface area contributed by atoms with Gasteiger partial charge in [-0.1, -0.05) is 23.5 Å². The van der Waals surface area contributed by atoms with Gasteiger partial charge in [-0.25, -0.2) is 0 Å². The number of nitrogens with zero attached hydrogens (tertiary/aromatic N) is 4. The summed E-state index contributed by atoms with van der Waals surface area (Å²) in [6.45, 7) is 0. The maximum atomic E-state index is 12.4. The monoisotopic (exact) mass is 429 g/mol. The van der Waals surface area contributed by atoms with Crippen LogP contribution in [-0.2, 0) is 12.8 Å². The summed E-state index contributed by atoms with van der Waals surface area (Å²) in [6, 6.07) is 10.3. The van der Waals surface area contributed by atoms with E-state index in [1.165, 1.54) is 0 Å². The minimum Gasteiger partial charge on any atom is -0.497 e. The van der Waals surface area contributed by atoms with Crippen LogP contribution in [0, 0.1) is 20.2 Å². The number of nitrogens with one attached hydrogen (secondary N) is 1. The highest BCUT2D eigenvalue weighted by molar-refractivity contribution is 7.15. The number of benzene rings is 2. The number of ether oxygens (including phenoxy) is 1. The Kier molecular flexibility index (Phi) is 6.27. The van der Waals surface area contributed by atoms with Crippen molar-refractivity contribution in [3.63, 3.8) is 0 Å². The van der Waals surface area contributed by atoms with Gasteiger partial charge in [-0.15, -0.1) is 10.2 Å². The standard InChI is InChI=1S/C18H15N5O6S/c1-29-15-5-2-11(3-6-15)4-7-16-20-21-18(30-16)19-17(24)12-8-13(22(25)26)10-14(9-12)23(27)28/h2-3,5-6,8-10H,4,7H2,1H3,(H,19,21,24). The molecule has 3 aromatic rings. The van der Waals surface area contributed by atoms with Crippen molar-refractivity contribution in [1.82, 2.24) is 10.2 Å². The lowest BCUT2D eigenvalue weighted by Crippen LogP contribution is -2.12. The summed E-state index contributed by atoms with van der Waals surface area (Å²) < 4.78 is 5.11. The van der Waals surface area contributed by atoms with Crippen molar-refractivity contribution in [2.75, 3.05) is 12.4 Å². The van der Waals surface area contributed by atoms with Crippen LogP contribution >= 0.6 is 11.3 Å². The smallest absolute Gasteiger partial charge is 0.277 e. The summed E-state index contributed by atoms with van der Waals surface area (Å²) in [7, 11) is 1.60. The highest BCUT2D eigenvalue weighted by Gasteiger charge is 2.20. The molecular formula is C18H15N5O6S. The Bertz CT molecular complexity index is 1070. The van der Waals surface area contributed by atoms with Gasteiger partial charge >= 0.3 is 0 Å². The molecule has 0 radical (unpaired) electrons. The van der Waals surface area contributed by atoms with Gasteiger partial charge in [-0.3, -0.25) is 30.3 Å². The SMILES string of the molecule is COc1ccc(CCc2nnc(NC(=O)c3cc([N+](=O)[O-])cc([N+](=O)[O-])c3)s2)cc1. The number of aromatic nitrogens is 2. The van der Waals surface area contributed by atoms with Gasteiger partial charge in [0.2, 0.25) is 5.13 Å². The van der Waals surface area contributed by atoms with E-state index < -0.39 is 27.1 Å². The Morgan fingerprint density at radius 3 is 2.23 bits per heavy atom. The number of methoxy groups -OCH3 is 1. The molecule has 0 bridgehead atoms. The molecule has 0 aliphatic heterocycles. The van der Waals surface area contributed by atoms with E-state index in [0.29, 0.717) is 17.8 Å². The van der Waals surface area contributed by atoms with Crippen LogP contribution in [-0.4, -0.2) is 33.1 Å². The summed E-state index contributed by atoms with van der Waals surface area (Å²) in [6.07, 6.45) is 1.31. The first-order valence-electron chi connectivity index (χ1n) is 8.56. The number of anilines is 1. The molecule has 0 aliphatic rings. The fraction of sp³-hybridized carbons (Fsp3) is 0.167. The molecule has 30 heavy (non-hydrogen) atoms. The van der Waals surface area contributed by atoms with Gasteiger partial charge in [0.1, 0.15) is 10.8 Å². The maximum absolute atomic E-state index is 12.4. The molecule has 0 aliphatic carbocycles. The number of amides is 1. The number of hydrogen-bond acceptors (Lipinski definition) is 9. The van der Waals surface area contributed by atoms with Crippen molar-refractivity contribution in [3.05, 3.63) is 78.8 Å². The van der Waals surface area contributed by atoms with Crippen molar-refractivity contribution in [2.24, 2.45) is 0 Å². The number of hydrogen-bond donors (Lipinski definition) is 1. The number of nitro benzene ring substituents is 2. The topological polar surface area (TPSA) is 150 Å². The zero-order valence-electron chi connectivity index (χ0n) is 15.6. The largest absolute Gasteiger partial charge is 0.497 e. The number of rotatable bonds is 8. The van der Waals surface area contributed by atoms with Crippen LogP contribution < -0.4 is 10.1 Å². The van der Waals surface area contributed by atoms with Crippen LogP contribution in [0.15, 0.2) is 42.5 Å². The molecule has 3 rings (SSSR count). The minimum atomic E-state index is -0.800. The number of nitro groups is 2. The lowest BCUT2D eigenvalue weighted by atomic mass is 10.1. The Hall–Kier alpha value is -3.93. The number of aryl methyl sites for hydroxylation is 2. The Morgan fingerprint density at radius 1 is 1.03 bits per heavy atom. The molecular weight excluding hydrogens is 414 g/mol. The molecule has 1 amide bonds. The summed E-state index contributed by atoms with van der Waals surface area (Å²) in [5.41, 5.74) is -0.232. The first kappa shape index (κ1) is 20.8. The van der Waals surface area contributed by atoms with E-state index in [2.05, 4.69) is 15.5 Å². The van der Waals surface area contributed by atoms with Gasteiger partial charge in [0.05, 0.1) is 28.6 Å². The summed E-state index contributed by atoms with van der Waals surface area (Å²) >= 11 is 1.16. The Labute approximate surface area is 173 Å². The van der Waals surface area contributed by atoms with E-state index in [1.807, 2.05) is 24.3 Å². The van der Waals surface area contributed by atoms with Crippen LogP contribution in [0.3, 0.4) is 0 Å². The number of non-ortho nitro benzene ring substituents is 2. The van der Waals surface area contributed by atoms with Gasteiger partial charge in [0.15, 0.2) is 0 Å². The van der Waals surface area contributed by atoms with E-state index >= 15 is 0 Å². The molecule has 154 valence electrons. The van der Waals surface area contributed by atoms with Crippen molar-refractivity contribution in [3.8, 4) is 5.75 Å². The van der Waals surface area contributed by atoms with Gasteiger partial charge < -0.3 is 4.74 Å². The zero-order chi connectivity index (χ0) is 21.7. The molecule has 2 aromatic carbocycles. The van der Waals surface area contributed by atoms with E-state index in [4.69, 9.17) is 4.74 Å². The molecule has 1 N–H and O–H groups in total. The van der Waals surface area contributed by atoms with Crippen molar-refractivity contribution in [2.45, 2.75) is 12.8 Å². The molecule has 0 saturated carbocycles. The molecule has 0 spiro atoms. The third-order valence-corrected chi connectivity index (χ3v) is 4.96. The van der Waals surface area contributed by atoms with Crippen molar-refractivity contribution in [1.29, 1.82) is 0 Å². The fourth-order valence-corrected chi connectivity index (χ4v) is 3.29. The van der Waals surface area contributed by atoms with E-state index in [9.17, 15) is 25.0 Å². The number of carbonyl (C=O) groups is 1. The molecule has 0 unspecified atom stereocenters. The Balaban J connectivity index is 1.67. The predicted molar refractivity (Wildman–Crippen MR) is 108 cm³/mol. The molecule has 0 fully saturated rings. The quantitative estimate of drug-likeness (QED) is 0.423. The van der Waals surface area contributed by atoms with Crippen LogP contribution in [0.1, 0.15) is 20.9 Å². The van der Waals surface area contributed by atoms with Crippen LogP contribution in [0.25, 0.3) is 0 Å². The lowest BCUT2D eigenvalue weighted by Gasteiger charge is -2.02. The highest BCUT2D eigenvalue weighted by atomic mass is 32.1. The predicted octanol–water partition coefficient (Wildman–Crippen LogP) is 3.40. The van der Waals surface area contributed by atoms with Crippen molar-refractivity contribution >= 4 is 33.8 Å². The molecule has 1 aromatic heterocycles. The zero-order valence-corrected chi connectivity index (χ0v) is 16.4. The third kappa shape index (κ3) is 5.11. The summed E-state index contributed by atoms with van der Waals surface area (Å²) in [4.78, 5) is 32.7. The van der Waals surface area contributed by atoms with Gasteiger partial charge in [-0.2, -0.15) is 0 Å². The van der Waals surface area contributed by atoms with Crippen LogP contribution in [0.5, 0.6) is 5.75 Å². The molecule has 11 nitrogen and oxygen atoms in total. The molecule has 12 heteroatoms. The fourth-order valence-electron chi connectivity index (χ4n) is 2.55. The second-order valence-corrected chi connectivity index (χ2v) is 7.12. The highest BCUT2D eigenvalue weighted by Crippen LogP contribution is 2.24. The normalized spacial score (nSPS) is 10.4. The van der Waals surface area contributed by atoms with E-state index in [1.54, 1.807) is 7.11 Å². The van der Waals surface area contributed by atoms with E-state index in [-0.39, 0.29) is 10.7 Å². The van der Waals surface area contributed by atoms with Crippen molar-refractivity contribution < 1.29 is 19.4 Å². The molecule has 1 heterocycles.